The number of amides is 1. The van der Waals surface area contributed by atoms with Crippen LogP contribution in [0.5, 0.6) is 5.88 Å². The summed E-state index contributed by atoms with van der Waals surface area (Å²) in [4.78, 5) is 16.1. The number of hydrogen-bond donors (Lipinski definition) is 2. The van der Waals surface area contributed by atoms with Gasteiger partial charge in [0, 0.05) is 52.3 Å². The van der Waals surface area contributed by atoms with E-state index in [0.717, 1.165) is 33.1 Å². The molecule has 0 radical (unpaired) electrons. The number of rotatable bonds is 7. The van der Waals surface area contributed by atoms with Crippen molar-refractivity contribution in [1.82, 2.24) is 15.6 Å². The number of aromatic nitrogens is 1. The Kier molecular flexibility index (Phi) is 7.82. The molecule has 4 rings (SSSR count). The molecule has 33 heavy (non-hydrogen) atoms. The van der Waals surface area contributed by atoms with Gasteiger partial charge in [0.25, 0.3) is 0 Å². The van der Waals surface area contributed by atoms with E-state index in [0.29, 0.717) is 46.2 Å². The maximum Gasteiger partial charge on any atom is 0.220 e. The summed E-state index contributed by atoms with van der Waals surface area (Å²) in [5.41, 5.74) is 3.67. The minimum Gasteiger partial charge on any atom is -0.481 e. The van der Waals surface area contributed by atoms with Crippen molar-refractivity contribution in [2.45, 2.75) is 25.4 Å². The Morgan fingerprint density at radius 3 is 2.52 bits per heavy atom. The maximum absolute atomic E-state index is 11.4. The molecule has 1 amide bonds. The molecule has 0 unspecified atom stereocenters. The van der Waals surface area contributed by atoms with Gasteiger partial charge in [-0.3, -0.25) is 4.79 Å². The van der Waals surface area contributed by atoms with Gasteiger partial charge in [0.1, 0.15) is 0 Å². The van der Waals surface area contributed by atoms with Gasteiger partial charge in [-0.1, -0.05) is 65.1 Å². The largest absolute Gasteiger partial charge is 0.481 e. The van der Waals surface area contributed by atoms with E-state index < -0.39 is 0 Å². The normalized spacial score (nSPS) is 15.5. The van der Waals surface area contributed by atoms with E-state index in [-0.39, 0.29) is 11.9 Å². The third-order valence-electron chi connectivity index (χ3n) is 5.52. The molecule has 2 heterocycles. The lowest BCUT2D eigenvalue weighted by Crippen LogP contribution is -2.35. The highest BCUT2D eigenvalue weighted by atomic mass is 79.9. The molecule has 2 aromatic carbocycles. The molecule has 9 heteroatoms. The molecule has 3 aromatic rings. The topological polar surface area (TPSA) is 63.2 Å². The van der Waals surface area contributed by atoms with E-state index in [4.69, 9.17) is 39.5 Å². The van der Waals surface area contributed by atoms with Crippen LogP contribution in [0, 0.1) is 0 Å². The summed E-state index contributed by atoms with van der Waals surface area (Å²) in [5, 5.41) is 7.88. The van der Waals surface area contributed by atoms with Crippen LogP contribution in [-0.4, -0.2) is 30.6 Å². The monoisotopic (exact) mass is 567 g/mol. The second-order valence-corrected chi connectivity index (χ2v) is 9.70. The summed E-state index contributed by atoms with van der Waals surface area (Å²) in [6.07, 6.45) is 1.39. The number of nitrogens with zero attached hydrogens (tertiary/aromatic N) is 1. The summed E-state index contributed by atoms with van der Waals surface area (Å²) < 4.78 is 6.33. The summed E-state index contributed by atoms with van der Waals surface area (Å²) in [5.74, 6) is 0.508. The number of nitrogens with one attached hydrogen (secondary N) is 2. The summed E-state index contributed by atoms with van der Waals surface area (Å²) in [6, 6.07) is 13.3. The van der Waals surface area contributed by atoms with Crippen molar-refractivity contribution in [2.24, 2.45) is 0 Å². The Labute approximate surface area is 215 Å². The van der Waals surface area contributed by atoms with Crippen LogP contribution < -0.4 is 15.4 Å². The van der Waals surface area contributed by atoms with Crippen LogP contribution in [0.2, 0.25) is 15.1 Å². The van der Waals surface area contributed by atoms with Crippen molar-refractivity contribution in [3.8, 4) is 28.3 Å². The van der Waals surface area contributed by atoms with Crippen molar-refractivity contribution in [3.05, 3.63) is 67.6 Å². The Hall–Kier alpha value is -1.83. The van der Waals surface area contributed by atoms with Gasteiger partial charge in [-0.15, -0.1) is 0 Å². The van der Waals surface area contributed by atoms with E-state index in [1.54, 1.807) is 13.2 Å². The van der Waals surface area contributed by atoms with Crippen LogP contribution >= 0.6 is 50.7 Å². The summed E-state index contributed by atoms with van der Waals surface area (Å²) in [7, 11) is 1.56. The highest BCUT2D eigenvalue weighted by Crippen LogP contribution is 2.42. The molecule has 1 aliphatic rings. The van der Waals surface area contributed by atoms with Crippen molar-refractivity contribution >= 4 is 56.6 Å². The maximum atomic E-state index is 11.4. The zero-order valence-corrected chi connectivity index (χ0v) is 21.6. The van der Waals surface area contributed by atoms with Gasteiger partial charge in [0.2, 0.25) is 11.8 Å². The molecule has 172 valence electrons. The average Bonchev–Trinajstić information content (AvgIpc) is 3.22. The fourth-order valence-electron chi connectivity index (χ4n) is 3.84. The van der Waals surface area contributed by atoms with E-state index in [1.807, 2.05) is 36.4 Å². The number of methoxy groups -OCH3 is 1. The number of hydrogen-bond acceptors (Lipinski definition) is 4. The van der Waals surface area contributed by atoms with E-state index >= 15 is 0 Å². The first-order chi connectivity index (χ1) is 15.9. The average molecular weight is 570 g/mol. The van der Waals surface area contributed by atoms with Gasteiger partial charge in [0.05, 0.1) is 27.9 Å². The molecular weight excluding hydrogens is 549 g/mol. The molecule has 0 aliphatic carbocycles. The SMILES string of the molecule is COc1nc(-c2cccc(-c3cccc(Br)c3Cl)c2Cl)cc(Cl)c1CNC[C@@H]1CCC(=O)N1. The van der Waals surface area contributed by atoms with Gasteiger partial charge >= 0.3 is 0 Å². The fraction of sp³-hybridized carbons (Fsp3) is 0.250. The molecular formula is C24H21BrCl3N3O2. The molecule has 0 bridgehead atoms. The molecule has 1 aliphatic heterocycles. The van der Waals surface area contributed by atoms with Crippen LogP contribution in [0.3, 0.4) is 0 Å². The predicted octanol–water partition coefficient (Wildman–Crippen LogP) is 6.52. The first kappa shape index (κ1) is 24.3. The number of benzene rings is 2. The van der Waals surface area contributed by atoms with E-state index in [9.17, 15) is 4.79 Å². The van der Waals surface area contributed by atoms with Gasteiger partial charge in [-0.2, -0.15) is 0 Å². The molecule has 5 nitrogen and oxygen atoms in total. The van der Waals surface area contributed by atoms with Gasteiger partial charge in [0.15, 0.2) is 0 Å². The summed E-state index contributed by atoms with van der Waals surface area (Å²) in [6.45, 7) is 1.11. The second kappa shape index (κ2) is 10.6. The van der Waals surface area contributed by atoms with Crippen molar-refractivity contribution in [2.75, 3.05) is 13.7 Å². The van der Waals surface area contributed by atoms with E-state index in [2.05, 4.69) is 31.5 Å². The highest BCUT2D eigenvalue weighted by molar-refractivity contribution is 9.10. The van der Waals surface area contributed by atoms with Gasteiger partial charge < -0.3 is 15.4 Å². The Morgan fingerprint density at radius 1 is 1.12 bits per heavy atom. The Balaban J connectivity index is 1.62. The minimum absolute atomic E-state index is 0.0895. The highest BCUT2D eigenvalue weighted by Gasteiger charge is 2.21. The van der Waals surface area contributed by atoms with Crippen molar-refractivity contribution < 1.29 is 9.53 Å². The smallest absolute Gasteiger partial charge is 0.220 e. The molecule has 1 aromatic heterocycles. The number of pyridine rings is 1. The lowest BCUT2D eigenvalue weighted by Gasteiger charge is -2.16. The van der Waals surface area contributed by atoms with Gasteiger partial charge in [-0.25, -0.2) is 4.98 Å². The standard InChI is InChI=1S/C24H21BrCl3N3O2/c1-33-24-17(12-29-11-13-8-9-21(32)30-13)19(26)10-20(31-24)16-6-2-4-14(22(16)27)15-5-3-7-18(25)23(15)28/h2-7,10,13,29H,8-9,11-12H2,1H3,(H,30,32)/t13-/m0/s1. The van der Waals surface area contributed by atoms with E-state index in [1.165, 1.54) is 0 Å². The predicted molar refractivity (Wildman–Crippen MR) is 137 cm³/mol. The first-order valence-electron chi connectivity index (χ1n) is 10.4. The minimum atomic E-state index is 0.0895. The quantitative estimate of drug-likeness (QED) is 0.340. The van der Waals surface area contributed by atoms with Crippen LogP contribution in [0.25, 0.3) is 22.4 Å². The first-order valence-corrected chi connectivity index (χ1v) is 12.3. The molecule has 1 saturated heterocycles. The third kappa shape index (κ3) is 5.31. The molecule has 0 spiro atoms. The van der Waals surface area contributed by atoms with Crippen LogP contribution in [0.1, 0.15) is 18.4 Å². The van der Waals surface area contributed by atoms with Gasteiger partial charge in [-0.05, 0) is 34.5 Å². The molecule has 1 fully saturated rings. The van der Waals surface area contributed by atoms with Crippen LogP contribution in [0.4, 0.5) is 0 Å². The third-order valence-corrected chi connectivity index (χ3v) is 7.56. The fourth-order valence-corrected chi connectivity index (χ4v) is 5.01. The number of carbonyl (C=O) groups is 1. The molecule has 2 N–H and O–H groups in total. The Morgan fingerprint density at radius 2 is 1.82 bits per heavy atom. The number of carbonyl (C=O) groups excluding carboxylic acids is 1. The Bertz CT molecular complexity index is 1210. The molecule has 1 atom stereocenters. The van der Waals surface area contributed by atoms with Crippen molar-refractivity contribution in [3.63, 3.8) is 0 Å². The van der Waals surface area contributed by atoms with Crippen molar-refractivity contribution in [1.29, 1.82) is 0 Å². The number of halogens is 4. The second-order valence-electron chi connectivity index (χ2n) is 7.68. The zero-order chi connectivity index (χ0) is 23.5. The number of ether oxygens (including phenoxy) is 1. The van der Waals surface area contributed by atoms with Crippen LogP contribution in [0.15, 0.2) is 46.9 Å². The lowest BCUT2D eigenvalue weighted by molar-refractivity contribution is -0.119. The molecule has 0 saturated carbocycles. The zero-order valence-electron chi connectivity index (χ0n) is 17.7. The van der Waals surface area contributed by atoms with Crippen LogP contribution in [-0.2, 0) is 11.3 Å². The summed E-state index contributed by atoms with van der Waals surface area (Å²) >= 11 is 23.4. The lowest BCUT2D eigenvalue weighted by atomic mass is 10.0.